The van der Waals surface area contributed by atoms with Gasteiger partial charge in [0.05, 0.1) is 0 Å². The van der Waals surface area contributed by atoms with Gasteiger partial charge in [-0.3, -0.25) is 0 Å². The average Bonchev–Trinajstić information content (AvgIpc) is 2.51. The van der Waals surface area contributed by atoms with Gasteiger partial charge in [0.1, 0.15) is 0 Å². The molecule has 2 unspecified atom stereocenters. The van der Waals surface area contributed by atoms with Gasteiger partial charge in [-0.2, -0.15) is 0 Å². The zero-order valence-electron chi connectivity index (χ0n) is 11.5. The summed E-state index contributed by atoms with van der Waals surface area (Å²) in [6.07, 6.45) is 0. The van der Waals surface area contributed by atoms with Crippen molar-refractivity contribution in [3.63, 3.8) is 0 Å². The summed E-state index contributed by atoms with van der Waals surface area (Å²) < 4.78 is 0. The molecule has 3 fully saturated rings. The van der Waals surface area contributed by atoms with E-state index in [0.29, 0.717) is 0 Å². The molecule has 6 atom stereocenters. The van der Waals surface area contributed by atoms with Crippen LogP contribution in [0.5, 0.6) is 0 Å². The summed E-state index contributed by atoms with van der Waals surface area (Å²) in [4.78, 5) is 0. The summed E-state index contributed by atoms with van der Waals surface area (Å²) in [5, 5.41) is 58.0. The van der Waals surface area contributed by atoms with Gasteiger partial charge in [-0.15, -0.1) is 0 Å². The SMILES string of the molecule is OCC1C(CO)C2[C@@H](CO)[C@H](CO)C1[C@@H](CO)[C@@H]2CO. The van der Waals surface area contributed by atoms with Crippen LogP contribution >= 0.6 is 0 Å². The Morgan fingerprint density at radius 1 is 0.350 bits per heavy atom. The number of aliphatic hydroxyl groups excluding tert-OH is 6. The Morgan fingerprint density at radius 3 is 0.600 bits per heavy atom. The summed E-state index contributed by atoms with van der Waals surface area (Å²) in [6, 6.07) is 0. The maximum atomic E-state index is 9.66. The van der Waals surface area contributed by atoms with E-state index >= 15 is 0 Å². The van der Waals surface area contributed by atoms with Crippen molar-refractivity contribution in [1.29, 1.82) is 0 Å². The number of hydrogen-bond acceptors (Lipinski definition) is 6. The Hall–Kier alpha value is -0.240. The second kappa shape index (κ2) is 6.68. The first-order chi connectivity index (χ1) is 9.69. The molecule has 0 aromatic heterocycles. The summed E-state index contributed by atoms with van der Waals surface area (Å²) >= 11 is 0. The summed E-state index contributed by atoms with van der Waals surface area (Å²) in [5.74, 6) is -1.60. The molecule has 6 heteroatoms. The van der Waals surface area contributed by atoms with Crippen molar-refractivity contribution in [2.45, 2.75) is 0 Å². The lowest BCUT2D eigenvalue weighted by Crippen LogP contribution is -2.63. The van der Waals surface area contributed by atoms with Gasteiger partial charge in [0.15, 0.2) is 0 Å². The van der Waals surface area contributed by atoms with E-state index in [0.717, 1.165) is 0 Å². The van der Waals surface area contributed by atoms with Crippen LogP contribution in [0.15, 0.2) is 0 Å². The molecular weight excluding hydrogens is 264 g/mol. The van der Waals surface area contributed by atoms with E-state index in [2.05, 4.69) is 0 Å². The van der Waals surface area contributed by atoms with Crippen molar-refractivity contribution < 1.29 is 30.6 Å². The Bertz CT molecular complexity index is 234. The molecule has 0 aromatic rings. The van der Waals surface area contributed by atoms with E-state index in [1.807, 2.05) is 0 Å². The summed E-state index contributed by atoms with van der Waals surface area (Å²) in [7, 11) is 0. The lowest BCUT2D eigenvalue weighted by atomic mass is 9.44. The van der Waals surface area contributed by atoms with Crippen LogP contribution in [0, 0.1) is 47.3 Å². The van der Waals surface area contributed by atoms with Crippen molar-refractivity contribution in [3.05, 3.63) is 0 Å². The van der Waals surface area contributed by atoms with Crippen LogP contribution in [-0.2, 0) is 0 Å². The molecule has 0 heterocycles. The number of rotatable bonds is 6. The quantitative estimate of drug-likeness (QED) is 0.333. The predicted octanol–water partition coefficient (Wildman–Crippen LogP) is -2.10. The Kier molecular flexibility index (Phi) is 5.39. The van der Waals surface area contributed by atoms with Crippen LogP contribution in [0.2, 0.25) is 0 Å². The first kappa shape index (κ1) is 16.1. The van der Waals surface area contributed by atoms with Gasteiger partial charge in [0, 0.05) is 39.6 Å². The van der Waals surface area contributed by atoms with Crippen LogP contribution in [0.3, 0.4) is 0 Å². The highest BCUT2D eigenvalue weighted by Gasteiger charge is 2.60. The average molecular weight is 290 g/mol. The first-order valence-corrected chi connectivity index (χ1v) is 7.35. The molecule has 20 heavy (non-hydrogen) atoms. The summed E-state index contributed by atoms with van der Waals surface area (Å²) in [6.45, 7) is -0.692. The number of aliphatic hydroxyl groups is 6. The van der Waals surface area contributed by atoms with Gasteiger partial charge in [0.2, 0.25) is 0 Å². The van der Waals surface area contributed by atoms with Gasteiger partial charge in [0.25, 0.3) is 0 Å². The van der Waals surface area contributed by atoms with Crippen molar-refractivity contribution >= 4 is 0 Å². The zero-order chi connectivity index (χ0) is 14.9. The minimum absolute atomic E-state index is 0.115. The third-order valence-corrected chi connectivity index (χ3v) is 5.88. The molecule has 0 aromatic carbocycles. The second-order valence-electron chi connectivity index (χ2n) is 6.23. The second-order valence-corrected chi connectivity index (χ2v) is 6.23. The standard InChI is InChI=1S/C14H26O6/c15-1-7-8(2-16)14-11(5-19)9(3-17)13(7)10(4-18)12(14)6-20/h7-20H,1-6H2/t7-,8-,9-,10?,11-,12?,13?,14?/m0/s1. The first-order valence-electron chi connectivity index (χ1n) is 7.35. The number of fused-ring (bicyclic) bond motifs is 3. The molecule has 3 saturated carbocycles. The molecule has 3 aliphatic rings. The van der Waals surface area contributed by atoms with Gasteiger partial charge in [-0.25, -0.2) is 0 Å². The van der Waals surface area contributed by atoms with Crippen molar-refractivity contribution in [2.75, 3.05) is 39.6 Å². The topological polar surface area (TPSA) is 121 Å². The highest BCUT2D eigenvalue weighted by molar-refractivity contribution is 5.07. The van der Waals surface area contributed by atoms with Crippen LogP contribution in [-0.4, -0.2) is 70.3 Å². The minimum Gasteiger partial charge on any atom is -0.396 e. The molecule has 0 spiro atoms. The fourth-order valence-corrected chi connectivity index (χ4v) is 5.16. The van der Waals surface area contributed by atoms with Gasteiger partial charge in [-0.05, 0) is 47.3 Å². The van der Waals surface area contributed by atoms with Gasteiger partial charge < -0.3 is 30.6 Å². The Morgan fingerprint density at radius 2 is 0.500 bits per heavy atom. The highest BCUT2D eigenvalue weighted by Crippen LogP contribution is 2.59. The third-order valence-electron chi connectivity index (χ3n) is 5.88. The molecule has 118 valence electrons. The molecule has 0 aliphatic heterocycles. The van der Waals surface area contributed by atoms with E-state index in [9.17, 15) is 30.6 Å². The smallest absolute Gasteiger partial charge is 0.0465 e. The van der Waals surface area contributed by atoms with Gasteiger partial charge >= 0.3 is 0 Å². The highest BCUT2D eigenvalue weighted by atomic mass is 16.3. The number of hydrogen-bond donors (Lipinski definition) is 6. The fourth-order valence-electron chi connectivity index (χ4n) is 5.16. The van der Waals surface area contributed by atoms with Gasteiger partial charge in [-0.1, -0.05) is 0 Å². The predicted molar refractivity (Wildman–Crippen MR) is 70.4 cm³/mol. The van der Waals surface area contributed by atoms with E-state index in [4.69, 9.17) is 0 Å². The van der Waals surface area contributed by atoms with Crippen molar-refractivity contribution in [2.24, 2.45) is 47.3 Å². The van der Waals surface area contributed by atoms with Crippen LogP contribution < -0.4 is 0 Å². The summed E-state index contributed by atoms with van der Waals surface area (Å²) in [5.41, 5.74) is 0. The van der Waals surface area contributed by atoms with E-state index < -0.39 is 0 Å². The molecule has 0 amide bonds. The van der Waals surface area contributed by atoms with E-state index in [1.54, 1.807) is 0 Å². The lowest BCUT2D eigenvalue weighted by molar-refractivity contribution is -0.205. The monoisotopic (exact) mass is 290 g/mol. The third kappa shape index (κ3) is 2.19. The molecular formula is C14H26O6. The van der Waals surface area contributed by atoms with Crippen LogP contribution in [0.25, 0.3) is 0 Å². The Balaban J connectivity index is 2.43. The fraction of sp³-hybridized carbons (Fsp3) is 1.00. The molecule has 2 bridgehead atoms. The van der Waals surface area contributed by atoms with E-state index in [1.165, 1.54) is 0 Å². The van der Waals surface area contributed by atoms with Crippen molar-refractivity contribution in [1.82, 2.24) is 0 Å². The largest absolute Gasteiger partial charge is 0.396 e. The Labute approximate surface area is 118 Å². The maximum absolute atomic E-state index is 9.66. The van der Waals surface area contributed by atoms with E-state index in [-0.39, 0.29) is 87.0 Å². The normalized spacial score (nSPS) is 47.7. The maximum Gasteiger partial charge on any atom is 0.0465 e. The lowest BCUT2D eigenvalue weighted by Gasteiger charge is -2.62. The molecule has 6 N–H and O–H groups in total. The molecule has 3 aliphatic carbocycles. The zero-order valence-corrected chi connectivity index (χ0v) is 11.5. The van der Waals surface area contributed by atoms with Crippen molar-refractivity contribution in [3.8, 4) is 0 Å². The van der Waals surface area contributed by atoms with Crippen LogP contribution in [0.4, 0.5) is 0 Å². The molecule has 6 nitrogen and oxygen atoms in total. The minimum atomic E-state index is -0.204. The molecule has 3 rings (SSSR count). The van der Waals surface area contributed by atoms with Crippen LogP contribution in [0.1, 0.15) is 0 Å². The molecule has 0 radical (unpaired) electrons. The molecule has 0 saturated heterocycles.